The fourth-order valence-corrected chi connectivity index (χ4v) is 5.13. The van der Waals surface area contributed by atoms with Crippen LogP contribution in [0.5, 0.6) is 0 Å². The minimum atomic E-state index is 0.735. The third kappa shape index (κ3) is 2.42. The molecule has 0 unspecified atom stereocenters. The summed E-state index contributed by atoms with van der Waals surface area (Å²) in [5.74, 6) is 1.81. The van der Waals surface area contributed by atoms with Gasteiger partial charge in [0.15, 0.2) is 11.6 Å². The van der Waals surface area contributed by atoms with Gasteiger partial charge < -0.3 is 14.6 Å². The van der Waals surface area contributed by atoms with Gasteiger partial charge in [-0.3, -0.25) is 0 Å². The van der Waals surface area contributed by atoms with Crippen LogP contribution in [0.15, 0.2) is 54.7 Å². The van der Waals surface area contributed by atoms with E-state index in [4.69, 9.17) is 14.7 Å². The number of rotatable bonds is 2. The van der Waals surface area contributed by atoms with Crippen LogP contribution in [0.3, 0.4) is 0 Å². The fourth-order valence-electron chi connectivity index (χ4n) is 3.97. The minimum absolute atomic E-state index is 0.735. The van der Waals surface area contributed by atoms with Crippen LogP contribution in [0, 0.1) is 0 Å². The lowest BCUT2D eigenvalue weighted by Gasteiger charge is -2.28. The molecular weight excluding hydrogens is 368 g/mol. The van der Waals surface area contributed by atoms with Gasteiger partial charge in [0.1, 0.15) is 0 Å². The molecule has 1 saturated heterocycles. The molecule has 4 heterocycles. The zero-order valence-corrected chi connectivity index (χ0v) is 16.0. The van der Waals surface area contributed by atoms with Crippen molar-refractivity contribution in [1.82, 2.24) is 15.0 Å². The molecule has 0 radical (unpaired) electrons. The van der Waals surface area contributed by atoms with Crippen molar-refractivity contribution in [2.24, 2.45) is 0 Å². The van der Waals surface area contributed by atoms with Gasteiger partial charge in [-0.05, 0) is 18.2 Å². The van der Waals surface area contributed by atoms with Crippen LogP contribution in [-0.4, -0.2) is 41.3 Å². The largest absolute Gasteiger partial charge is 0.378 e. The van der Waals surface area contributed by atoms with Crippen molar-refractivity contribution in [3.63, 3.8) is 0 Å². The lowest BCUT2D eigenvalue weighted by atomic mass is 10.1. The van der Waals surface area contributed by atoms with Crippen molar-refractivity contribution in [2.45, 2.75) is 0 Å². The normalized spacial score (nSPS) is 15.1. The van der Waals surface area contributed by atoms with E-state index in [-0.39, 0.29) is 0 Å². The highest BCUT2D eigenvalue weighted by atomic mass is 32.1. The third-order valence-electron chi connectivity index (χ3n) is 5.35. The third-order valence-corrected chi connectivity index (χ3v) is 6.50. The summed E-state index contributed by atoms with van der Waals surface area (Å²) in [5, 5.41) is 2.34. The molecule has 0 aliphatic carbocycles. The van der Waals surface area contributed by atoms with E-state index in [1.807, 2.05) is 6.20 Å². The first-order chi connectivity index (χ1) is 13.9. The second-order valence-electron chi connectivity index (χ2n) is 6.99. The molecule has 5 aromatic rings. The maximum atomic E-state index is 5.57. The van der Waals surface area contributed by atoms with Gasteiger partial charge in [-0.2, -0.15) is 0 Å². The molecule has 0 amide bonds. The summed E-state index contributed by atoms with van der Waals surface area (Å²) in [4.78, 5) is 15.7. The Kier molecular flexibility index (Phi) is 3.60. The molecule has 0 saturated carbocycles. The number of thiophene rings is 1. The first-order valence-corrected chi connectivity index (χ1v) is 10.3. The molecule has 1 aliphatic heterocycles. The Morgan fingerprint density at radius 2 is 1.82 bits per heavy atom. The van der Waals surface area contributed by atoms with E-state index in [1.165, 1.54) is 10.1 Å². The molecular formula is C22H18N4OS. The highest BCUT2D eigenvalue weighted by molar-refractivity contribution is 7.26. The molecule has 2 aromatic carbocycles. The Balaban J connectivity index is 1.67. The maximum absolute atomic E-state index is 5.57. The molecule has 3 aromatic heterocycles. The summed E-state index contributed by atoms with van der Waals surface area (Å²) in [5.41, 5.74) is 3.20. The molecule has 6 heteroatoms. The first kappa shape index (κ1) is 16.0. The predicted octanol–water partition coefficient (Wildman–Crippen LogP) is 4.83. The Bertz CT molecular complexity index is 1320. The van der Waals surface area contributed by atoms with Crippen molar-refractivity contribution in [3.8, 4) is 11.4 Å². The second kappa shape index (κ2) is 6.29. The smallest absolute Gasteiger partial charge is 0.162 e. The zero-order chi connectivity index (χ0) is 18.5. The van der Waals surface area contributed by atoms with Gasteiger partial charge in [0.05, 0.1) is 23.4 Å². The average molecular weight is 386 g/mol. The Labute approximate surface area is 165 Å². The van der Waals surface area contributed by atoms with E-state index < -0.39 is 0 Å². The average Bonchev–Trinajstić information content (AvgIpc) is 3.38. The Morgan fingerprint density at radius 1 is 0.929 bits per heavy atom. The number of morpholine rings is 1. The molecule has 0 spiro atoms. The van der Waals surface area contributed by atoms with Crippen molar-refractivity contribution >= 4 is 48.4 Å². The second-order valence-corrected chi connectivity index (χ2v) is 8.04. The summed E-state index contributed by atoms with van der Waals surface area (Å²) in [7, 11) is 0. The number of nitrogens with one attached hydrogen (secondary N) is 1. The number of aromatic amines is 1. The monoisotopic (exact) mass is 386 g/mol. The number of fused-ring (bicyclic) bond motifs is 4. The van der Waals surface area contributed by atoms with E-state index in [1.54, 1.807) is 11.3 Å². The quantitative estimate of drug-likeness (QED) is 0.472. The van der Waals surface area contributed by atoms with Crippen LogP contribution >= 0.6 is 11.3 Å². The first-order valence-electron chi connectivity index (χ1n) is 9.47. The number of benzene rings is 2. The van der Waals surface area contributed by atoms with Gasteiger partial charge in [-0.25, -0.2) is 9.97 Å². The predicted molar refractivity (Wildman–Crippen MR) is 115 cm³/mol. The van der Waals surface area contributed by atoms with E-state index in [9.17, 15) is 0 Å². The van der Waals surface area contributed by atoms with Gasteiger partial charge in [0.2, 0.25) is 0 Å². The Morgan fingerprint density at radius 3 is 2.75 bits per heavy atom. The number of nitrogens with zero attached hydrogens (tertiary/aromatic N) is 3. The van der Waals surface area contributed by atoms with Crippen LogP contribution in [0.2, 0.25) is 0 Å². The van der Waals surface area contributed by atoms with Gasteiger partial charge in [0, 0.05) is 45.8 Å². The molecule has 1 aliphatic rings. The van der Waals surface area contributed by atoms with Crippen molar-refractivity contribution in [2.75, 3.05) is 31.2 Å². The molecule has 28 heavy (non-hydrogen) atoms. The van der Waals surface area contributed by atoms with Crippen LogP contribution in [0.1, 0.15) is 0 Å². The molecule has 1 fully saturated rings. The standard InChI is InChI=1S/C22H18N4OS/c1-2-7-18-16(4-1)19-20(28-18)22(26-10-12-27-13-11-26)25-21(24-19)15-5-3-6-17-14(15)8-9-23-17/h1-9,23H,10-13H2. The van der Waals surface area contributed by atoms with E-state index >= 15 is 0 Å². The van der Waals surface area contributed by atoms with Crippen molar-refractivity contribution in [1.29, 1.82) is 0 Å². The summed E-state index contributed by atoms with van der Waals surface area (Å²) in [6, 6.07) is 16.8. The lowest BCUT2D eigenvalue weighted by Crippen LogP contribution is -2.36. The minimum Gasteiger partial charge on any atom is -0.378 e. The maximum Gasteiger partial charge on any atom is 0.162 e. The topological polar surface area (TPSA) is 54.0 Å². The summed E-state index contributed by atoms with van der Waals surface area (Å²) in [6.45, 7) is 3.18. The molecule has 1 N–H and O–H groups in total. The number of ether oxygens (including phenoxy) is 1. The number of hydrogen-bond acceptors (Lipinski definition) is 5. The number of hydrogen-bond donors (Lipinski definition) is 1. The lowest BCUT2D eigenvalue weighted by molar-refractivity contribution is 0.122. The summed E-state index contributed by atoms with van der Waals surface area (Å²) in [6.07, 6.45) is 1.97. The van der Waals surface area contributed by atoms with Crippen LogP contribution < -0.4 is 4.90 Å². The molecule has 138 valence electrons. The molecule has 6 rings (SSSR count). The van der Waals surface area contributed by atoms with Crippen LogP contribution in [0.25, 0.3) is 42.6 Å². The van der Waals surface area contributed by atoms with Gasteiger partial charge in [-0.15, -0.1) is 11.3 Å². The van der Waals surface area contributed by atoms with E-state index in [0.717, 1.165) is 64.6 Å². The van der Waals surface area contributed by atoms with Crippen molar-refractivity contribution < 1.29 is 4.74 Å². The summed E-state index contributed by atoms with van der Waals surface area (Å²) < 4.78 is 7.98. The number of anilines is 1. The highest BCUT2D eigenvalue weighted by Crippen LogP contribution is 2.39. The van der Waals surface area contributed by atoms with Gasteiger partial charge in [-0.1, -0.05) is 30.3 Å². The van der Waals surface area contributed by atoms with Crippen LogP contribution in [-0.2, 0) is 4.74 Å². The molecule has 0 atom stereocenters. The fraction of sp³-hybridized carbons (Fsp3) is 0.182. The number of aromatic nitrogens is 3. The Hall–Kier alpha value is -2.96. The van der Waals surface area contributed by atoms with Crippen LogP contribution in [0.4, 0.5) is 5.82 Å². The molecule has 5 nitrogen and oxygen atoms in total. The van der Waals surface area contributed by atoms with Gasteiger partial charge >= 0.3 is 0 Å². The zero-order valence-electron chi connectivity index (χ0n) is 15.2. The van der Waals surface area contributed by atoms with E-state index in [0.29, 0.717) is 0 Å². The van der Waals surface area contributed by atoms with Crippen molar-refractivity contribution in [3.05, 3.63) is 54.7 Å². The molecule has 0 bridgehead atoms. The summed E-state index contributed by atoms with van der Waals surface area (Å²) >= 11 is 1.78. The van der Waals surface area contributed by atoms with E-state index in [2.05, 4.69) is 58.4 Å². The highest BCUT2D eigenvalue weighted by Gasteiger charge is 2.21. The SMILES string of the molecule is c1cc(-c2nc(N3CCOCC3)c3sc4ccccc4c3n2)c2cc[nH]c2c1. The van der Waals surface area contributed by atoms with Gasteiger partial charge in [0.25, 0.3) is 0 Å². The number of H-pyrrole nitrogens is 1.